The van der Waals surface area contributed by atoms with Crippen molar-refractivity contribution in [2.45, 2.75) is 26.3 Å². The van der Waals surface area contributed by atoms with E-state index in [1.54, 1.807) is 6.07 Å². The molecule has 0 atom stereocenters. The van der Waals surface area contributed by atoms with Crippen molar-refractivity contribution in [2.75, 3.05) is 36.1 Å². The van der Waals surface area contributed by atoms with Crippen LogP contribution in [0.1, 0.15) is 20.8 Å². The van der Waals surface area contributed by atoms with Crippen LogP contribution in [0, 0.1) is 5.41 Å². The smallest absolute Gasteiger partial charge is 0.413 e. The van der Waals surface area contributed by atoms with Crippen LogP contribution in [-0.2, 0) is 4.74 Å². The maximum atomic E-state index is 11.5. The predicted octanol–water partition coefficient (Wildman–Crippen LogP) is 2.20. The van der Waals surface area contributed by atoms with Gasteiger partial charge in [0.05, 0.1) is 18.6 Å². The monoisotopic (exact) mass is 291 g/mol. The van der Waals surface area contributed by atoms with Gasteiger partial charge in [-0.05, 0) is 32.9 Å². The van der Waals surface area contributed by atoms with Crippen molar-refractivity contribution < 1.29 is 14.6 Å². The van der Waals surface area contributed by atoms with Gasteiger partial charge in [0.25, 0.3) is 0 Å². The van der Waals surface area contributed by atoms with Crippen LogP contribution >= 0.6 is 0 Å². The van der Waals surface area contributed by atoms with E-state index >= 15 is 0 Å². The standard InChI is InChI=1S/C15H21N3O3/c1-14(2,3)18(13(19)20)12-6-4-5-11(16-12)17-7-15(8-17)9-21-10-15/h4-6H,7-10H2,1-3H3,(H,19,20). The first-order chi connectivity index (χ1) is 9.81. The maximum absolute atomic E-state index is 11.5. The van der Waals surface area contributed by atoms with Crippen molar-refractivity contribution in [2.24, 2.45) is 5.41 Å². The number of carboxylic acid groups (broad SMARTS) is 1. The highest BCUT2D eigenvalue weighted by molar-refractivity contribution is 5.86. The van der Waals surface area contributed by atoms with Crippen LogP contribution in [0.25, 0.3) is 0 Å². The van der Waals surface area contributed by atoms with Gasteiger partial charge in [0.2, 0.25) is 0 Å². The van der Waals surface area contributed by atoms with Gasteiger partial charge in [-0.1, -0.05) is 6.07 Å². The maximum Gasteiger partial charge on any atom is 0.413 e. The van der Waals surface area contributed by atoms with Crippen molar-refractivity contribution in [3.8, 4) is 0 Å². The second-order valence-corrected chi connectivity index (χ2v) is 6.99. The average molecular weight is 291 g/mol. The number of amides is 1. The number of aromatic nitrogens is 1. The van der Waals surface area contributed by atoms with Crippen LogP contribution in [0.5, 0.6) is 0 Å². The van der Waals surface area contributed by atoms with Gasteiger partial charge in [-0.2, -0.15) is 0 Å². The third-order valence-corrected chi connectivity index (χ3v) is 4.00. The van der Waals surface area contributed by atoms with Crippen LogP contribution in [0.3, 0.4) is 0 Å². The predicted molar refractivity (Wildman–Crippen MR) is 80.0 cm³/mol. The Bertz CT molecular complexity index is 556. The average Bonchev–Trinajstić information content (AvgIpc) is 2.22. The van der Waals surface area contributed by atoms with E-state index in [0.29, 0.717) is 11.2 Å². The summed E-state index contributed by atoms with van der Waals surface area (Å²) in [6.45, 7) is 9.11. The van der Waals surface area contributed by atoms with Gasteiger partial charge in [-0.3, -0.25) is 4.90 Å². The lowest BCUT2D eigenvalue weighted by atomic mass is 9.78. The van der Waals surface area contributed by atoms with E-state index in [1.165, 1.54) is 4.90 Å². The summed E-state index contributed by atoms with van der Waals surface area (Å²) < 4.78 is 5.27. The Morgan fingerprint density at radius 1 is 1.38 bits per heavy atom. The van der Waals surface area contributed by atoms with Gasteiger partial charge in [0, 0.05) is 18.6 Å². The summed E-state index contributed by atoms with van der Waals surface area (Å²) in [7, 11) is 0. The molecule has 0 aliphatic carbocycles. The fourth-order valence-corrected chi connectivity index (χ4v) is 2.94. The summed E-state index contributed by atoms with van der Waals surface area (Å²) in [5.41, 5.74) is -0.219. The lowest BCUT2D eigenvalue weighted by molar-refractivity contribution is -0.127. The Morgan fingerprint density at radius 3 is 2.52 bits per heavy atom. The summed E-state index contributed by atoms with van der Waals surface area (Å²) in [4.78, 5) is 19.5. The van der Waals surface area contributed by atoms with Gasteiger partial charge in [0.15, 0.2) is 0 Å². The van der Waals surface area contributed by atoms with E-state index in [1.807, 2.05) is 32.9 Å². The molecule has 1 N–H and O–H groups in total. The quantitative estimate of drug-likeness (QED) is 0.905. The summed E-state index contributed by atoms with van der Waals surface area (Å²) in [5.74, 6) is 1.30. The molecule has 1 aromatic rings. The Kier molecular flexibility index (Phi) is 3.09. The molecule has 3 heterocycles. The van der Waals surface area contributed by atoms with Crippen molar-refractivity contribution in [1.29, 1.82) is 0 Å². The first-order valence-electron chi connectivity index (χ1n) is 7.14. The highest BCUT2D eigenvalue weighted by Crippen LogP contribution is 2.40. The summed E-state index contributed by atoms with van der Waals surface area (Å²) in [6.07, 6.45) is -0.986. The van der Waals surface area contributed by atoms with Crippen LogP contribution < -0.4 is 9.80 Å². The Hall–Kier alpha value is -1.82. The molecular formula is C15H21N3O3. The van der Waals surface area contributed by atoms with Crippen molar-refractivity contribution in [3.05, 3.63) is 18.2 Å². The second-order valence-electron chi connectivity index (χ2n) is 6.99. The van der Waals surface area contributed by atoms with E-state index in [-0.39, 0.29) is 0 Å². The van der Waals surface area contributed by atoms with Gasteiger partial charge in [-0.15, -0.1) is 0 Å². The topological polar surface area (TPSA) is 65.9 Å². The number of hydrogen-bond acceptors (Lipinski definition) is 4. The lowest BCUT2D eigenvalue weighted by Gasteiger charge is -2.55. The number of ether oxygens (including phenoxy) is 1. The third kappa shape index (κ3) is 2.44. The summed E-state index contributed by atoms with van der Waals surface area (Å²) >= 11 is 0. The van der Waals surface area contributed by atoms with Crippen LogP contribution in [0.15, 0.2) is 18.2 Å². The molecule has 1 spiro atoms. The fraction of sp³-hybridized carbons (Fsp3) is 0.600. The van der Waals surface area contributed by atoms with E-state index in [0.717, 1.165) is 32.1 Å². The van der Waals surface area contributed by atoms with Gasteiger partial charge < -0.3 is 14.7 Å². The SMILES string of the molecule is CC(C)(C)N(C(=O)O)c1cccc(N2CC3(COC3)C2)n1. The molecule has 0 aromatic carbocycles. The number of hydrogen-bond donors (Lipinski definition) is 1. The second kappa shape index (κ2) is 4.59. The molecule has 0 saturated carbocycles. The lowest BCUT2D eigenvalue weighted by Crippen LogP contribution is -2.66. The molecule has 0 unspecified atom stereocenters. The van der Waals surface area contributed by atoms with E-state index in [4.69, 9.17) is 4.74 Å². The molecule has 1 aromatic heterocycles. The summed E-state index contributed by atoms with van der Waals surface area (Å²) in [5, 5.41) is 9.45. The fourth-order valence-electron chi connectivity index (χ4n) is 2.94. The molecule has 2 saturated heterocycles. The minimum Gasteiger partial charge on any atom is -0.465 e. The molecule has 6 nitrogen and oxygen atoms in total. The zero-order chi connectivity index (χ0) is 15.3. The third-order valence-electron chi connectivity index (χ3n) is 4.00. The summed E-state index contributed by atoms with van der Waals surface area (Å²) in [6, 6.07) is 5.53. The van der Waals surface area contributed by atoms with E-state index in [2.05, 4.69) is 9.88 Å². The van der Waals surface area contributed by atoms with Crippen molar-refractivity contribution in [1.82, 2.24) is 4.98 Å². The number of carbonyl (C=O) groups is 1. The molecule has 2 aliphatic heterocycles. The number of pyridine rings is 1. The molecule has 1 amide bonds. The molecule has 114 valence electrons. The molecule has 2 fully saturated rings. The highest BCUT2D eigenvalue weighted by Gasteiger charge is 2.49. The molecule has 3 rings (SSSR count). The molecular weight excluding hydrogens is 270 g/mol. The molecule has 0 radical (unpaired) electrons. The molecule has 0 bridgehead atoms. The van der Waals surface area contributed by atoms with Crippen molar-refractivity contribution >= 4 is 17.7 Å². The molecule has 2 aliphatic rings. The normalized spacial score (nSPS) is 19.9. The zero-order valence-electron chi connectivity index (χ0n) is 12.7. The molecule has 6 heteroatoms. The first-order valence-corrected chi connectivity index (χ1v) is 7.14. The Balaban J connectivity index is 1.81. The van der Waals surface area contributed by atoms with Gasteiger partial charge in [-0.25, -0.2) is 9.78 Å². The largest absolute Gasteiger partial charge is 0.465 e. The Morgan fingerprint density at radius 2 is 2.05 bits per heavy atom. The zero-order valence-corrected chi connectivity index (χ0v) is 12.7. The van der Waals surface area contributed by atoms with Gasteiger partial charge in [0.1, 0.15) is 11.6 Å². The minimum atomic E-state index is -0.986. The number of anilines is 2. The van der Waals surface area contributed by atoms with Crippen LogP contribution in [-0.4, -0.2) is 48.0 Å². The Labute approximate surface area is 124 Å². The van der Waals surface area contributed by atoms with Gasteiger partial charge >= 0.3 is 6.09 Å². The minimum absolute atomic E-state index is 0.314. The number of rotatable bonds is 2. The molecule has 21 heavy (non-hydrogen) atoms. The van der Waals surface area contributed by atoms with Crippen LogP contribution in [0.4, 0.5) is 16.4 Å². The number of nitrogens with zero attached hydrogens (tertiary/aromatic N) is 3. The van der Waals surface area contributed by atoms with Crippen molar-refractivity contribution in [3.63, 3.8) is 0 Å². The first kappa shape index (κ1) is 14.1. The highest BCUT2D eigenvalue weighted by atomic mass is 16.5. The van der Waals surface area contributed by atoms with E-state index in [9.17, 15) is 9.90 Å². The van der Waals surface area contributed by atoms with Crippen LogP contribution in [0.2, 0.25) is 0 Å². The van der Waals surface area contributed by atoms with E-state index < -0.39 is 11.6 Å².